The van der Waals surface area contributed by atoms with E-state index < -0.39 is 0 Å². The summed E-state index contributed by atoms with van der Waals surface area (Å²) >= 11 is 0. The van der Waals surface area contributed by atoms with E-state index in [1.165, 1.54) is 0 Å². The van der Waals surface area contributed by atoms with Crippen LogP contribution < -0.4 is 4.74 Å². The molecule has 0 radical (unpaired) electrons. The van der Waals surface area contributed by atoms with Crippen molar-refractivity contribution in [2.24, 2.45) is 0 Å². The average molecular weight is 207 g/mol. The summed E-state index contributed by atoms with van der Waals surface area (Å²) in [6, 6.07) is 7.74. The molecule has 0 aliphatic carbocycles. The lowest BCUT2D eigenvalue weighted by molar-refractivity contribution is 0.317. The second kappa shape index (κ2) is 6.06. The van der Waals surface area contributed by atoms with Gasteiger partial charge in [-0.3, -0.25) is 5.41 Å². The molecule has 0 fully saturated rings. The van der Waals surface area contributed by atoms with E-state index in [0.717, 1.165) is 11.3 Å². The quantitative estimate of drug-likeness (QED) is 0.595. The first-order chi connectivity index (χ1) is 7.26. The van der Waals surface area contributed by atoms with Crippen molar-refractivity contribution < 1.29 is 9.47 Å². The van der Waals surface area contributed by atoms with Gasteiger partial charge in [-0.2, -0.15) is 0 Å². The maximum atomic E-state index is 7.51. The molecule has 1 rings (SSSR count). The van der Waals surface area contributed by atoms with Crippen LogP contribution in [0.4, 0.5) is 0 Å². The molecular formula is C12H17NO2. The molecule has 0 bridgehead atoms. The van der Waals surface area contributed by atoms with Crippen LogP contribution >= 0.6 is 0 Å². The van der Waals surface area contributed by atoms with Crippen molar-refractivity contribution in [3.05, 3.63) is 29.8 Å². The van der Waals surface area contributed by atoms with Gasteiger partial charge < -0.3 is 9.47 Å². The molecule has 0 saturated carbocycles. The Morgan fingerprint density at radius 2 is 1.80 bits per heavy atom. The van der Waals surface area contributed by atoms with Crippen molar-refractivity contribution in [2.75, 3.05) is 13.2 Å². The van der Waals surface area contributed by atoms with Crippen LogP contribution in [-0.4, -0.2) is 19.1 Å². The van der Waals surface area contributed by atoms with Crippen LogP contribution in [0.1, 0.15) is 19.4 Å². The van der Waals surface area contributed by atoms with Crippen LogP contribution in [0.25, 0.3) is 0 Å². The molecule has 1 aromatic carbocycles. The molecule has 0 unspecified atom stereocenters. The molecule has 1 N–H and O–H groups in total. The van der Waals surface area contributed by atoms with Gasteiger partial charge in [0.15, 0.2) is 5.90 Å². The zero-order valence-corrected chi connectivity index (χ0v) is 9.25. The molecule has 0 heterocycles. The van der Waals surface area contributed by atoms with Gasteiger partial charge in [0.2, 0.25) is 0 Å². The van der Waals surface area contributed by atoms with Gasteiger partial charge in [-0.05, 0) is 31.5 Å². The van der Waals surface area contributed by atoms with Crippen LogP contribution in [0.2, 0.25) is 0 Å². The van der Waals surface area contributed by atoms with Crippen LogP contribution in [0, 0.1) is 5.41 Å². The topological polar surface area (TPSA) is 42.3 Å². The molecule has 0 atom stereocenters. The van der Waals surface area contributed by atoms with Crippen LogP contribution in [-0.2, 0) is 11.2 Å². The Morgan fingerprint density at radius 1 is 1.13 bits per heavy atom. The van der Waals surface area contributed by atoms with Gasteiger partial charge in [0, 0.05) is 6.42 Å². The predicted molar refractivity (Wildman–Crippen MR) is 60.7 cm³/mol. The molecule has 1 aromatic rings. The van der Waals surface area contributed by atoms with Crippen molar-refractivity contribution in [3.63, 3.8) is 0 Å². The van der Waals surface area contributed by atoms with Gasteiger partial charge in [-0.1, -0.05) is 12.1 Å². The molecule has 0 amide bonds. The standard InChI is InChI=1S/C12H17NO2/c1-3-14-11-7-5-10(6-8-11)9-12(13)15-4-2/h5-8,13H,3-4,9H2,1-2H3. The monoisotopic (exact) mass is 207 g/mol. The van der Waals surface area contributed by atoms with Crippen LogP contribution in [0.3, 0.4) is 0 Å². The molecule has 3 heteroatoms. The van der Waals surface area contributed by atoms with Crippen LogP contribution in [0.5, 0.6) is 5.75 Å². The third-order valence-electron chi connectivity index (χ3n) is 1.92. The van der Waals surface area contributed by atoms with Gasteiger partial charge in [0.05, 0.1) is 13.2 Å². The van der Waals surface area contributed by atoms with Gasteiger partial charge in [-0.15, -0.1) is 0 Å². The average Bonchev–Trinajstić information content (AvgIpc) is 2.22. The molecule has 15 heavy (non-hydrogen) atoms. The summed E-state index contributed by atoms with van der Waals surface area (Å²) in [5.41, 5.74) is 1.07. The number of ether oxygens (including phenoxy) is 2. The van der Waals surface area contributed by atoms with Crippen LogP contribution in [0.15, 0.2) is 24.3 Å². The van der Waals surface area contributed by atoms with Gasteiger partial charge >= 0.3 is 0 Å². The zero-order chi connectivity index (χ0) is 11.1. The fraction of sp³-hybridized carbons (Fsp3) is 0.417. The van der Waals surface area contributed by atoms with E-state index >= 15 is 0 Å². The Balaban J connectivity index is 2.52. The molecule has 0 saturated heterocycles. The number of benzene rings is 1. The minimum atomic E-state index is 0.307. The maximum absolute atomic E-state index is 7.51. The van der Waals surface area contributed by atoms with Crippen molar-refractivity contribution in [3.8, 4) is 5.75 Å². The number of hydrogen-bond donors (Lipinski definition) is 1. The SMILES string of the molecule is CCOC(=N)Cc1ccc(OCC)cc1. The highest BCUT2D eigenvalue weighted by Crippen LogP contribution is 2.12. The molecule has 0 aromatic heterocycles. The van der Waals surface area contributed by atoms with E-state index in [1.807, 2.05) is 38.1 Å². The number of rotatable bonds is 5. The van der Waals surface area contributed by atoms with Gasteiger partial charge in [-0.25, -0.2) is 0 Å². The number of nitrogens with one attached hydrogen (secondary N) is 1. The summed E-state index contributed by atoms with van der Waals surface area (Å²) < 4.78 is 10.4. The first-order valence-electron chi connectivity index (χ1n) is 5.18. The Hall–Kier alpha value is -1.51. The first-order valence-corrected chi connectivity index (χ1v) is 5.18. The molecular weight excluding hydrogens is 190 g/mol. The molecule has 3 nitrogen and oxygen atoms in total. The Kier molecular flexibility index (Phi) is 4.68. The van der Waals surface area contributed by atoms with E-state index in [2.05, 4.69) is 0 Å². The zero-order valence-electron chi connectivity index (χ0n) is 9.25. The van der Waals surface area contributed by atoms with Gasteiger partial charge in [0.1, 0.15) is 5.75 Å². The predicted octanol–water partition coefficient (Wildman–Crippen LogP) is 2.64. The lowest BCUT2D eigenvalue weighted by atomic mass is 10.1. The highest BCUT2D eigenvalue weighted by Gasteiger charge is 2.00. The second-order valence-electron chi connectivity index (χ2n) is 3.11. The minimum absolute atomic E-state index is 0.307. The summed E-state index contributed by atoms with van der Waals surface area (Å²) in [7, 11) is 0. The van der Waals surface area contributed by atoms with E-state index in [1.54, 1.807) is 0 Å². The van der Waals surface area contributed by atoms with Gasteiger partial charge in [0.25, 0.3) is 0 Å². The third-order valence-corrected chi connectivity index (χ3v) is 1.92. The Labute approximate surface area is 90.5 Å². The lowest BCUT2D eigenvalue weighted by Crippen LogP contribution is -2.06. The maximum Gasteiger partial charge on any atom is 0.184 e. The molecule has 82 valence electrons. The molecule has 0 aliphatic rings. The summed E-state index contributed by atoms with van der Waals surface area (Å²) in [6.07, 6.45) is 0.542. The summed E-state index contributed by atoms with van der Waals surface area (Å²) in [4.78, 5) is 0. The molecule has 0 aliphatic heterocycles. The normalized spacial score (nSPS) is 9.73. The smallest absolute Gasteiger partial charge is 0.184 e. The van der Waals surface area contributed by atoms with Crippen molar-refractivity contribution in [1.29, 1.82) is 5.41 Å². The third kappa shape index (κ3) is 4.02. The van der Waals surface area contributed by atoms with E-state index in [9.17, 15) is 0 Å². The largest absolute Gasteiger partial charge is 0.494 e. The summed E-state index contributed by atoms with van der Waals surface area (Å²) in [5.74, 6) is 1.17. The highest BCUT2D eigenvalue weighted by atomic mass is 16.5. The van der Waals surface area contributed by atoms with Crippen molar-refractivity contribution >= 4 is 5.90 Å². The van der Waals surface area contributed by atoms with E-state index in [0.29, 0.717) is 25.5 Å². The van der Waals surface area contributed by atoms with Crippen molar-refractivity contribution in [2.45, 2.75) is 20.3 Å². The fourth-order valence-corrected chi connectivity index (χ4v) is 1.28. The van der Waals surface area contributed by atoms with Crippen molar-refractivity contribution in [1.82, 2.24) is 0 Å². The fourth-order valence-electron chi connectivity index (χ4n) is 1.28. The van der Waals surface area contributed by atoms with E-state index in [-0.39, 0.29) is 0 Å². The molecule has 0 spiro atoms. The first kappa shape index (κ1) is 11.6. The Morgan fingerprint density at radius 3 is 2.33 bits per heavy atom. The minimum Gasteiger partial charge on any atom is -0.494 e. The summed E-state index contributed by atoms with van der Waals surface area (Å²) in [5, 5.41) is 7.51. The lowest BCUT2D eigenvalue weighted by Gasteiger charge is -2.06. The Bertz CT molecular complexity index is 306. The second-order valence-corrected chi connectivity index (χ2v) is 3.11. The van der Waals surface area contributed by atoms with E-state index in [4.69, 9.17) is 14.9 Å². The number of hydrogen-bond acceptors (Lipinski definition) is 3. The summed E-state index contributed by atoms with van der Waals surface area (Å²) in [6.45, 7) is 5.06. The highest BCUT2D eigenvalue weighted by molar-refractivity contribution is 5.75.